The van der Waals surface area contributed by atoms with Crippen LogP contribution in [0.4, 0.5) is 5.00 Å². The van der Waals surface area contributed by atoms with Crippen molar-refractivity contribution in [3.63, 3.8) is 0 Å². The van der Waals surface area contributed by atoms with Crippen molar-refractivity contribution in [1.82, 2.24) is 0 Å². The lowest BCUT2D eigenvalue weighted by Gasteiger charge is -2.09. The Labute approximate surface area is 136 Å². The van der Waals surface area contributed by atoms with E-state index >= 15 is 0 Å². The minimum atomic E-state index is -0.327. The van der Waals surface area contributed by atoms with Gasteiger partial charge in [0, 0.05) is 10.4 Å². The zero-order chi connectivity index (χ0) is 16.3. The molecule has 0 unspecified atom stereocenters. The molecule has 118 valence electrons. The number of nitrogens with two attached hydrogens (primary N) is 1. The Balaban J connectivity index is 2.44. The zero-order valence-electron chi connectivity index (χ0n) is 13.6. The first kappa shape index (κ1) is 16.6. The molecule has 22 heavy (non-hydrogen) atoms. The molecule has 2 aromatic rings. The van der Waals surface area contributed by atoms with Gasteiger partial charge in [-0.05, 0) is 30.4 Å². The van der Waals surface area contributed by atoms with Crippen LogP contribution in [0.15, 0.2) is 24.3 Å². The standard InChI is InChI=1S/C18H23NO2S/c1-5-10-21-18(20)16-15(12(4)22-17(16)19)14-8-6-13(7-9-14)11(2)3/h6-9,11H,5,10,19H2,1-4H3. The van der Waals surface area contributed by atoms with Crippen molar-refractivity contribution < 1.29 is 9.53 Å². The molecule has 1 heterocycles. The highest BCUT2D eigenvalue weighted by molar-refractivity contribution is 7.16. The summed E-state index contributed by atoms with van der Waals surface area (Å²) >= 11 is 1.44. The Bertz CT molecular complexity index is 656. The maximum absolute atomic E-state index is 12.3. The second kappa shape index (κ2) is 6.97. The summed E-state index contributed by atoms with van der Waals surface area (Å²) in [5.74, 6) is 0.156. The van der Waals surface area contributed by atoms with Gasteiger partial charge in [-0.25, -0.2) is 4.79 Å². The van der Waals surface area contributed by atoms with E-state index in [1.807, 2.05) is 13.8 Å². The van der Waals surface area contributed by atoms with E-state index in [-0.39, 0.29) is 5.97 Å². The maximum Gasteiger partial charge on any atom is 0.341 e. The SMILES string of the molecule is CCCOC(=O)c1c(N)sc(C)c1-c1ccc(C(C)C)cc1. The van der Waals surface area contributed by atoms with Gasteiger partial charge in [-0.2, -0.15) is 0 Å². The van der Waals surface area contributed by atoms with Crippen molar-refractivity contribution >= 4 is 22.3 Å². The molecule has 3 nitrogen and oxygen atoms in total. The van der Waals surface area contributed by atoms with Crippen LogP contribution in [0.25, 0.3) is 11.1 Å². The number of hydrogen-bond acceptors (Lipinski definition) is 4. The molecule has 0 aliphatic heterocycles. The van der Waals surface area contributed by atoms with Crippen molar-refractivity contribution in [2.45, 2.75) is 40.0 Å². The Hall–Kier alpha value is -1.81. The number of benzene rings is 1. The molecule has 1 aromatic heterocycles. The highest BCUT2D eigenvalue weighted by atomic mass is 32.1. The van der Waals surface area contributed by atoms with Crippen molar-refractivity contribution in [3.05, 3.63) is 40.3 Å². The van der Waals surface area contributed by atoms with Gasteiger partial charge in [0.15, 0.2) is 0 Å². The van der Waals surface area contributed by atoms with Gasteiger partial charge < -0.3 is 10.5 Å². The van der Waals surface area contributed by atoms with Crippen LogP contribution >= 0.6 is 11.3 Å². The molecule has 0 amide bonds. The Morgan fingerprint density at radius 1 is 1.27 bits per heavy atom. The summed E-state index contributed by atoms with van der Waals surface area (Å²) in [6.45, 7) is 8.70. The lowest BCUT2D eigenvalue weighted by Crippen LogP contribution is -2.08. The smallest absolute Gasteiger partial charge is 0.341 e. The van der Waals surface area contributed by atoms with E-state index in [4.69, 9.17) is 10.5 Å². The largest absolute Gasteiger partial charge is 0.462 e. The van der Waals surface area contributed by atoms with Crippen LogP contribution < -0.4 is 5.73 Å². The molecule has 0 radical (unpaired) electrons. The van der Waals surface area contributed by atoms with Crippen LogP contribution in [0.2, 0.25) is 0 Å². The van der Waals surface area contributed by atoms with Crippen molar-refractivity contribution in [2.75, 3.05) is 12.3 Å². The van der Waals surface area contributed by atoms with Crippen LogP contribution in [0.5, 0.6) is 0 Å². The van der Waals surface area contributed by atoms with E-state index in [2.05, 4.69) is 38.1 Å². The van der Waals surface area contributed by atoms with Crippen LogP contribution in [-0.4, -0.2) is 12.6 Å². The molecule has 4 heteroatoms. The van der Waals surface area contributed by atoms with Crippen LogP contribution in [0.3, 0.4) is 0 Å². The predicted molar refractivity (Wildman–Crippen MR) is 93.6 cm³/mol. The van der Waals surface area contributed by atoms with Gasteiger partial charge in [0.2, 0.25) is 0 Å². The van der Waals surface area contributed by atoms with Gasteiger partial charge in [-0.3, -0.25) is 0 Å². The number of carbonyl (C=O) groups excluding carboxylic acids is 1. The minimum absolute atomic E-state index is 0.327. The molecule has 0 aliphatic rings. The summed E-state index contributed by atoms with van der Waals surface area (Å²) in [6.07, 6.45) is 0.799. The summed E-state index contributed by atoms with van der Waals surface area (Å²) < 4.78 is 5.28. The third-order valence-corrected chi connectivity index (χ3v) is 4.55. The number of carbonyl (C=O) groups is 1. The van der Waals surface area contributed by atoms with Gasteiger partial charge in [0.1, 0.15) is 10.6 Å². The number of nitrogen functional groups attached to an aromatic ring is 1. The summed E-state index contributed by atoms with van der Waals surface area (Å²) in [5, 5.41) is 0.529. The van der Waals surface area contributed by atoms with Crippen LogP contribution in [0, 0.1) is 6.92 Å². The second-order valence-corrected chi connectivity index (χ2v) is 6.94. The molecule has 0 saturated carbocycles. The summed E-state index contributed by atoms with van der Waals surface area (Å²) in [5.41, 5.74) is 9.75. The fourth-order valence-corrected chi connectivity index (χ4v) is 3.36. The Morgan fingerprint density at radius 2 is 1.91 bits per heavy atom. The number of hydrogen-bond donors (Lipinski definition) is 1. The minimum Gasteiger partial charge on any atom is -0.462 e. The number of anilines is 1. The van der Waals surface area contributed by atoms with E-state index in [0.717, 1.165) is 22.4 Å². The van der Waals surface area contributed by atoms with E-state index in [1.165, 1.54) is 16.9 Å². The number of ether oxygens (including phenoxy) is 1. The lowest BCUT2D eigenvalue weighted by molar-refractivity contribution is 0.0507. The first-order valence-electron chi connectivity index (χ1n) is 7.62. The summed E-state index contributed by atoms with van der Waals surface area (Å²) in [4.78, 5) is 13.4. The topological polar surface area (TPSA) is 52.3 Å². The zero-order valence-corrected chi connectivity index (χ0v) is 14.4. The van der Waals surface area contributed by atoms with Gasteiger partial charge in [-0.1, -0.05) is 45.0 Å². The molecule has 0 fully saturated rings. The normalized spacial score (nSPS) is 11.0. The van der Waals surface area contributed by atoms with Gasteiger partial charge in [0.05, 0.1) is 6.61 Å². The number of esters is 1. The third kappa shape index (κ3) is 3.33. The fraction of sp³-hybridized carbons (Fsp3) is 0.389. The molecule has 0 saturated heterocycles. The highest BCUT2D eigenvalue weighted by Crippen LogP contribution is 2.39. The first-order chi connectivity index (χ1) is 10.5. The molecule has 1 aromatic carbocycles. The van der Waals surface area contributed by atoms with E-state index in [1.54, 1.807) is 0 Å². The summed E-state index contributed by atoms with van der Waals surface area (Å²) in [6, 6.07) is 8.32. The van der Waals surface area contributed by atoms with E-state index in [0.29, 0.717) is 23.1 Å². The molecular formula is C18H23NO2S. The highest BCUT2D eigenvalue weighted by Gasteiger charge is 2.22. The fourth-order valence-electron chi connectivity index (χ4n) is 2.42. The maximum atomic E-state index is 12.3. The van der Waals surface area contributed by atoms with Crippen LogP contribution in [0.1, 0.15) is 53.9 Å². The van der Waals surface area contributed by atoms with Gasteiger partial charge in [-0.15, -0.1) is 11.3 Å². The molecular weight excluding hydrogens is 294 g/mol. The average molecular weight is 317 g/mol. The number of thiophene rings is 1. The van der Waals surface area contributed by atoms with E-state index < -0.39 is 0 Å². The summed E-state index contributed by atoms with van der Waals surface area (Å²) in [7, 11) is 0. The number of aryl methyl sites for hydroxylation is 1. The van der Waals surface area contributed by atoms with Gasteiger partial charge in [0.25, 0.3) is 0 Å². The third-order valence-electron chi connectivity index (χ3n) is 3.62. The first-order valence-corrected chi connectivity index (χ1v) is 8.43. The van der Waals surface area contributed by atoms with Crippen molar-refractivity contribution in [3.8, 4) is 11.1 Å². The molecule has 0 aliphatic carbocycles. The quantitative estimate of drug-likeness (QED) is 0.790. The van der Waals surface area contributed by atoms with Gasteiger partial charge >= 0.3 is 5.97 Å². The monoisotopic (exact) mass is 317 g/mol. The Morgan fingerprint density at radius 3 is 2.45 bits per heavy atom. The average Bonchev–Trinajstić information content (AvgIpc) is 2.79. The molecule has 0 bridgehead atoms. The van der Waals surface area contributed by atoms with Crippen molar-refractivity contribution in [1.29, 1.82) is 0 Å². The predicted octanol–water partition coefficient (Wildman–Crippen LogP) is 5.00. The lowest BCUT2D eigenvalue weighted by atomic mass is 9.97. The second-order valence-electron chi connectivity index (χ2n) is 5.69. The number of rotatable bonds is 5. The molecule has 0 spiro atoms. The molecule has 0 atom stereocenters. The molecule has 2 rings (SSSR count). The van der Waals surface area contributed by atoms with E-state index in [9.17, 15) is 4.79 Å². The van der Waals surface area contributed by atoms with Crippen LogP contribution in [-0.2, 0) is 4.74 Å². The van der Waals surface area contributed by atoms with Crippen molar-refractivity contribution in [2.24, 2.45) is 0 Å². The Kier molecular flexibility index (Phi) is 5.24. The molecule has 2 N–H and O–H groups in total.